The van der Waals surface area contributed by atoms with Crippen molar-refractivity contribution < 1.29 is 4.42 Å². The van der Waals surface area contributed by atoms with Gasteiger partial charge in [-0.25, -0.2) is 0 Å². The van der Waals surface area contributed by atoms with Crippen molar-refractivity contribution in [2.75, 3.05) is 7.11 Å². The third kappa shape index (κ3) is 1.94. The van der Waals surface area contributed by atoms with E-state index in [4.69, 9.17) is 4.42 Å². The molecular weight excluding hydrogens is 148 g/mol. The molecule has 0 aromatic rings. The summed E-state index contributed by atoms with van der Waals surface area (Å²) in [7, 11) is 1.69. The van der Waals surface area contributed by atoms with E-state index in [0.29, 0.717) is 0 Å². The van der Waals surface area contributed by atoms with E-state index in [-0.39, 0.29) is 0 Å². The Morgan fingerprint density at radius 1 is 1.25 bits per heavy atom. The standard InChI is InChI=1S/C11H15O/c1-4-9(2)10-5-7-11(12-3)8-6-10/h5-8H,4H2,1-3H3/q+1. The van der Waals surface area contributed by atoms with E-state index >= 15 is 0 Å². The Morgan fingerprint density at radius 3 is 2.25 bits per heavy atom. The summed E-state index contributed by atoms with van der Waals surface area (Å²) in [6, 6.07) is 0. The first kappa shape index (κ1) is 8.98. The second-order valence-corrected chi connectivity index (χ2v) is 2.86. The Bertz CT molecular complexity index is 259. The largest absolute Gasteiger partial charge is 0.343 e. The minimum Gasteiger partial charge on any atom is -0.258 e. The van der Waals surface area contributed by atoms with Crippen LogP contribution in [0.3, 0.4) is 0 Å². The maximum absolute atomic E-state index is 5.07. The summed E-state index contributed by atoms with van der Waals surface area (Å²) in [6.07, 6.45) is 9.28. The lowest BCUT2D eigenvalue weighted by Crippen LogP contribution is -1.96. The zero-order valence-electron chi connectivity index (χ0n) is 7.92. The minimum absolute atomic E-state index is 0.919. The van der Waals surface area contributed by atoms with Crippen molar-refractivity contribution in [3.8, 4) is 0 Å². The Morgan fingerprint density at radius 2 is 1.83 bits per heavy atom. The summed E-state index contributed by atoms with van der Waals surface area (Å²) in [5.74, 6) is 0.919. The van der Waals surface area contributed by atoms with Gasteiger partial charge in [-0.05, 0) is 31.1 Å². The molecular formula is C11H15O+. The second kappa shape index (κ2) is 4.05. The van der Waals surface area contributed by atoms with E-state index in [9.17, 15) is 0 Å². The first-order valence-electron chi connectivity index (χ1n) is 4.24. The molecule has 0 heterocycles. The zero-order valence-corrected chi connectivity index (χ0v) is 7.92. The first-order valence-corrected chi connectivity index (χ1v) is 4.24. The highest BCUT2D eigenvalue weighted by Crippen LogP contribution is 2.13. The molecule has 0 spiro atoms. The van der Waals surface area contributed by atoms with Crippen LogP contribution in [0.25, 0.3) is 0 Å². The van der Waals surface area contributed by atoms with Crippen LogP contribution < -0.4 is 0 Å². The second-order valence-electron chi connectivity index (χ2n) is 2.86. The minimum atomic E-state index is 0.919. The van der Waals surface area contributed by atoms with Crippen LogP contribution >= 0.6 is 0 Å². The summed E-state index contributed by atoms with van der Waals surface area (Å²) in [5, 5.41) is 0. The van der Waals surface area contributed by atoms with Crippen molar-refractivity contribution in [2.45, 2.75) is 20.3 Å². The van der Waals surface area contributed by atoms with Gasteiger partial charge in [0.25, 0.3) is 7.11 Å². The van der Waals surface area contributed by atoms with Crippen LogP contribution in [0.4, 0.5) is 0 Å². The van der Waals surface area contributed by atoms with Gasteiger partial charge in [0.05, 0.1) is 0 Å². The van der Waals surface area contributed by atoms with Gasteiger partial charge in [0.1, 0.15) is 0 Å². The first-order chi connectivity index (χ1) is 5.77. The smallest absolute Gasteiger partial charge is 0.258 e. The van der Waals surface area contributed by atoms with E-state index in [1.807, 2.05) is 12.2 Å². The van der Waals surface area contributed by atoms with E-state index in [1.165, 1.54) is 11.1 Å². The van der Waals surface area contributed by atoms with Crippen LogP contribution in [0.5, 0.6) is 0 Å². The molecule has 64 valence electrons. The maximum Gasteiger partial charge on any atom is 0.343 e. The number of rotatable bonds is 1. The number of ketones is 1. The van der Waals surface area contributed by atoms with Crippen molar-refractivity contribution in [1.82, 2.24) is 0 Å². The number of hydrogen-bond acceptors (Lipinski definition) is 0. The topological polar surface area (TPSA) is 11.3 Å². The molecule has 0 amide bonds. The predicted octanol–water partition coefficient (Wildman–Crippen LogP) is 2.57. The molecule has 0 fully saturated rings. The van der Waals surface area contributed by atoms with Crippen molar-refractivity contribution in [1.29, 1.82) is 0 Å². The molecule has 0 aromatic heterocycles. The molecule has 1 rings (SSSR count). The predicted molar refractivity (Wildman–Crippen MR) is 52.2 cm³/mol. The molecule has 12 heavy (non-hydrogen) atoms. The van der Waals surface area contributed by atoms with E-state index < -0.39 is 0 Å². The van der Waals surface area contributed by atoms with Gasteiger partial charge in [0.2, 0.25) is 0 Å². The molecule has 1 aliphatic rings. The van der Waals surface area contributed by atoms with E-state index in [1.54, 1.807) is 7.11 Å². The molecule has 1 nitrogen and oxygen atoms in total. The van der Waals surface area contributed by atoms with Crippen LogP contribution in [-0.4, -0.2) is 12.9 Å². The van der Waals surface area contributed by atoms with Crippen molar-refractivity contribution >= 4 is 5.78 Å². The Balaban J connectivity index is 2.87. The highest BCUT2D eigenvalue weighted by Gasteiger charge is 2.06. The van der Waals surface area contributed by atoms with Gasteiger partial charge >= 0.3 is 5.78 Å². The zero-order chi connectivity index (χ0) is 8.97. The number of carbonyl (C=O) groups excluding carboxylic acids is 1. The summed E-state index contributed by atoms with van der Waals surface area (Å²) >= 11 is 0. The Kier molecular flexibility index (Phi) is 3.03. The Labute approximate surface area is 73.8 Å². The van der Waals surface area contributed by atoms with Crippen LogP contribution in [0.15, 0.2) is 35.5 Å². The number of hydrogen-bond donors (Lipinski definition) is 0. The molecule has 0 bridgehead atoms. The molecule has 0 aliphatic heterocycles. The molecule has 0 saturated carbocycles. The van der Waals surface area contributed by atoms with Gasteiger partial charge < -0.3 is 0 Å². The highest BCUT2D eigenvalue weighted by molar-refractivity contribution is 6.01. The van der Waals surface area contributed by atoms with Crippen LogP contribution in [0.2, 0.25) is 0 Å². The van der Waals surface area contributed by atoms with Crippen molar-refractivity contribution in [3.63, 3.8) is 0 Å². The van der Waals surface area contributed by atoms with Gasteiger partial charge in [-0.15, -0.1) is 0 Å². The number of allylic oxidation sites excluding steroid dienone is 6. The molecule has 0 aromatic carbocycles. The fourth-order valence-electron chi connectivity index (χ4n) is 1.08. The molecule has 0 unspecified atom stereocenters. The molecule has 0 atom stereocenters. The monoisotopic (exact) mass is 163 g/mol. The van der Waals surface area contributed by atoms with Gasteiger partial charge in [-0.1, -0.05) is 12.5 Å². The lowest BCUT2D eigenvalue weighted by Gasteiger charge is -2.02. The van der Waals surface area contributed by atoms with Gasteiger partial charge in [-0.2, -0.15) is 0 Å². The quantitative estimate of drug-likeness (QED) is 0.526. The van der Waals surface area contributed by atoms with Gasteiger partial charge in [0, 0.05) is 12.2 Å². The van der Waals surface area contributed by atoms with Crippen molar-refractivity contribution in [2.24, 2.45) is 0 Å². The summed E-state index contributed by atoms with van der Waals surface area (Å²) in [5.41, 5.74) is 2.72. The average molecular weight is 163 g/mol. The van der Waals surface area contributed by atoms with Gasteiger partial charge in [0.15, 0.2) is 0 Å². The molecule has 1 heteroatoms. The SMILES string of the molecule is CCC(C)=C1C=CC(=[O+]C)C=C1. The fraction of sp³-hybridized carbons (Fsp3) is 0.364. The normalized spacial score (nSPS) is 15.2. The molecule has 1 aliphatic carbocycles. The van der Waals surface area contributed by atoms with Gasteiger partial charge in [-0.3, -0.25) is 4.42 Å². The van der Waals surface area contributed by atoms with Crippen LogP contribution in [0.1, 0.15) is 20.3 Å². The van der Waals surface area contributed by atoms with Crippen LogP contribution in [-0.2, 0) is 4.42 Å². The average Bonchev–Trinajstić information content (AvgIpc) is 2.17. The maximum atomic E-state index is 5.07. The van der Waals surface area contributed by atoms with E-state index in [2.05, 4.69) is 26.0 Å². The Hall–Kier alpha value is -1.11. The van der Waals surface area contributed by atoms with Crippen molar-refractivity contribution in [3.05, 3.63) is 35.5 Å². The summed E-state index contributed by atoms with van der Waals surface area (Å²) in [6.45, 7) is 4.32. The molecule has 0 saturated heterocycles. The third-order valence-electron chi connectivity index (χ3n) is 2.11. The molecule has 0 N–H and O–H groups in total. The third-order valence-corrected chi connectivity index (χ3v) is 2.11. The lowest BCUT2D eigenvalue weighted by molar-refractivity contribution is -0.417. The highest BCUT2D eigenvalue weighted by atomic mass is 16.4. The fourth-order valence-corrected chi connectivity index (χ4v) is 1.08. The summed E-state index contributed by atoms with van der Waals surface area (Å²) < 4.78 is 5.07. The summed E-state index contributed by atoms with van der Waals surface area (Å²) in [4.78, 5) is 0. The lowest BCUT2D eigenvalue weighted by atomic mass is 10.0. The van der Waals surface area contributed by atoms with Crippen LogP contribution in [0, 0.1) is 0 Å². The van der Waals surface area contributed by atoms with E-state index in [0.717, 1.165) is 12.2 Å². The molecule has 0 radical (unpaired) electrons.